The van der Waals surface area contributed by atoms with Crippen molar-refractivity contribution in [1.82, 2.24) is 19.0 Å². The molecule has 12 heteroatoms. The number of aromatic nitrogens is 2. The fourth-order valence-corrected chi connectivity index (χ4v) is 7.91. The third kappa shape index (κ3) is 5.62. The summed E-state index contributed by atoms with van der Waals surface area (Å²) in [6, 6.07) is 11.9. The van der Waals surface area contributed by atoms with E-state index in [1.807, 2.05) is 22.6 Å². The highest BCUT2D eigenvalue weighted by atomic mass is 32.2. The van der Waals surface area contributed by atoms with Crippen molar-refractivity contribution in [2.24, 2.45) is 17.4 Å². The molecular formula is C32H41N7O4S. The zero-order chi connectivity index (χ0) is 31.4. The number of carbonyl (C=O) groups excluding carboxylic acids is 2. The number of nitrogens with zero attached hydrogens (tertiary/aromatic N) is 4. The van der Waals surface area contributed by atoms with Crippen LogP contribution < -0.4 is 16.8 Å². The topological polar surface area (TPSA) is 157 Å². The number of amides is 2. The van der Waals surface area contributed by atoms with Crippen molar-refractivity contribution in [2.45, 2.75) is 75.9 Å². The normalized spacial score (nSPS) is 19.2. The van der Waals surface area contributed by atoms with Crippen molar-refractivity contribution < 1.29 is 18.0 Å². The summed E-state index contributed by atoms with van der Waals surface area (Å²) in [5.74, 6) is 0.0432. The molecule has 2 aromatic carbocycles. The Labute approximate surface area is 258 Å². The predicted molar refractivity (Wildman–Crippen MR) is 168 cm³/mol. The number of fused-ring (bicyclic) bond motifs is 1. The van der Waals surface area contributed by atoms with Gasteiger partial charge in [-0.25, -0.2) is 13.1 Å². The van der Waals surface area contributed by atoms with Crippen LogP contribution in [0.4, 0.5) is 5.69 Å². The van der Waals surface area contributed by atoms with E-state index in [0.29, 0.717) is 67.3 Å². The van der Waals surface area contributed by atoms with Crippen LogP contribution in [0, 0.1) is 12.8 Å². The fourth-order valence-electron chi connectivity index (χ4n) is 6.44. The highest BCUT2D eigenvalue weighted by Gasteiger charge is 2.43. The standard InChI is InChI=1S/C32H41N7O4S/c1-20-29-28(17-32(2,3)38(31(29)41)19-22-4-5-22)39(36-20)24-8-11-26(30(34)40)27(16-24)35-23-12-14-37(15-13-23)44(42,43)25-9-6-21(18-33)7-10-25/h6-11,16,22-23,35H,4-5,12-15,17-19,33H2,1-3H3,(H2,34,40). The van der Waals surface area contributed by atoms with Crippen LogP contribution in [0.25, 0.3) is 5.69 Å². The molecule has 0 spiro atoms. The molecule has 44 heavy (non-hydrogen) atoms. The van der Waals surface area contributed by atoms with Gasteiger partial charge in [0.2, 0.25) is 10.0 Å². The SMILES string of the molecule is Cc1nn(-c2ccc(C(N)=O)c(NC3CCN(S(=O)(=O)c4ccc(CN)cc4)CC3)c2)c2c1C(=O)N(CC1CC1)C(C)(C)C2. The molecule has 1 saturated carbocycles. The van der Waals surface area contributed by atoms with E-state index in [1.54, 1.807) is 36.4 Å². The maximum Gasteiger partial charge on any atom is 0.258 e. The number of primary amides is 1. The van der Waals surface area contributed by atoms with Gasteiger partial charge in [-0.3, -0.25) is 9.59 Å². The molecular weight excluding hydrogens is 578 g/mol. The molecule has 3 aliphatic rings. The van der Waals surface area contributed by atoms with Gasteiger partial charge in [-0.1, -0.05) is 12.1 Å². The molecule has 2 aliphatic heterocycles. The van der Waals surface area contributed by atoms with Gasteiger partial charge in [0, 0.05) is 49.9 Å². The van der Waals surface area contributed by atoms with Crippen molar-refractivity contribution in [2.75, 3.05) is 25.0 Å². The lowest BCUT2D eigenvalue weighted by atomic mass is 9.87. The summed E-state index contributed by atoms with van der Waals surface area (Å²) in [7, 11) is -3.63. The predicted octanol–water partition coefficient (Wildman–Crippen LogP) is 3.19. The second-order valence-electron chi connectivity index (χ2n) is 12.9. The Balaban J connectivity index is 1.23. The minimum Gasteiger partial charge on any atom is -0.382 e. The summed E-state index contributed by atoms with van der Waals surface area (Å²) in [6.45, 7) is 7.88. The molecule has 2 amide bonds. The van der Waals surface area contributed by atoms with Gasteiger partial charge in [-0.2, -0.15) is 9.40 Å². The molecule has 5 N–H and O–H groups in total. The first kappa shape index (κ1) is 30.3. The van der Waals surface area contributed by atoms with Crippen LogP contribution in [0.1, 0.15) is 77.2 Å². The van der Waals surface area contributed by atoms with Gasteiger partial charge in [0.1, 0.15) is 0 Å². The van der Waals surface area contributed by atoms with Crippen molar-refractivity contribution in [3.05, 3.63) is 70.5 Å². The van der Waals surface area contributed by atoms with Gasteiger partial charge >= 0.3 is 0 Å². The highest BCUT2D eigenvalue weighted by molar-refractivity contribution is 7.89. The molecule has 0 unspecified atom stereocenters. The van der Waals surface area contributed by atoms with Gasteiger partial charge in [0.15, 0.2) is 0 Å². The van der Waals surface area contributed by atoms with Crippen LogP contribution >= 0.6 is 0 Å². The summed E-state index contributed by atoms with van der Waals surface area (Å²) in [4.78, 5) is 28.4. The average molecular weight is 620 g/mol. The first-order valence-corrected chi connectivity index (χ1v) is 16.7. The number of sulfonamides is 1. The minimum atomic E-state index is -3.63. The molecule has 1 aliphatic carbocycles. The molecule has 1 saturated heterocycles. The number of rotatable bonds is 9. The number of nitrogens with one attached hydrogen (secondary N) is 1. The minimum absolute atomic E-state index is 0.0241. The molecule has 0 radical (unpaired) electrons. The zero-order valence-electron chi connectivity index (χ0n) is 25.5. The largest absolute Gasteiger partial charge is 0.382 e. The Hall–Kier alpha value is -3.74. The highest BCUT2D eigenvalue weighted by Crippen LogP contribution is 2.38. The van der Waals surface area contributed by atoms with E-state index in [0.717, 1.165) is 23.5 Å². The summed E-state index contributed by atoms with van der Waals surface area (Å²) >= 11 is 0. The Morgan fingerprint density at radius 3 is 2.36 bits per heavy atom. The maximum atomic E-state index is 13.7. The van der Waals surface area contributed by atoms with Crippen LogP contribution in [0.15, 0.2) is 47.4 Å². The number of carbonyl (C=O) groups is 2. The lowest BCUT2D eigenvalue weighted by Crippen LogP contribution is -2.53. The first-order chi connectivity index (χ1) is 20.9. The summed E-state index contributed by atoms with van der Waals surface area (Å²) in [5.41, 5.74) is 15.8. The van der Waals surface area contributed by atoms with E-state index in [-0.39, 0.29) is 22.4 Å². The number of hydrogen-bond acceptors (Lipinski definition) is 7. The molecule has 3 aromatic rings. The number of anilines is 1. The molecule has 3 heterocycles. The zero-order valence-corrected chi connectivity index (χ0v) is 26.4. The van der Waals surface area contributed by atoms with Crippen LogP contribution in [0.5, 0.6) is 0 Å². The molecule has 234 valence electrons. The smallest absolute Gasteiger partial charge is 0.258 e. The molecule has 11 nitrogen and oxygen atoms in total. The van der Waals surface area contributed by atoms with E-state index in [2.05, 4.69) is 19.2 Å². The monoisotopic (exact) mass is 619 g/mol. The van der Waals surface area contributed by atoms with Crippen LogP contribution in [-0.4, -0.2) is 70.4 Å². The Morgan fingerprint density at radius 1 is 1.07 bits per heavy atom. The summed E-state index contributed by atoms with van der Waals surface area (Å²) in [5, 5.41) is 8.25. The van der Waals surface area contributed by atoms with Crippen molar-refractivity contribution in [3.8, 4) is 5.69 Å². The van der Waals surface area contributed by atoms with Gasteiger partial charge < -0.3 is 21.7 Å². The van der Waals surface area contributed by atoms with Gasteiger partial charge in [-0.15, -0.1) is 0 Å². The van der Waals surface area contributed by atoms with Crippen LogP contribution in [0.3, 0.4) is 0 Å². The van der Waals surface area contributed by atoms with E-state index < -0.39 is 15.9 Å². The number of aryl methyl sites for hydroxylation is 1. The second kappa shape index (κ2) is 11.3. The van der Waals surface area contributed by atoms with E-state index in [1.165, 1.54) is 17.1 Å². The Bertz CT molecular complexity index is 1700. The third-order valence-electron chi connectivity index (χ3n) is 9.21. The summed E-state index contributed by atoms with van der Waals surface area (Å²) < 4.78 is 29.8. The number of hydrogen-bond donors (Lipinski definition) is 3. The van der Waals surface area contributed by atoms with Crippen LogP contribution in [0.2, 0.25) is 0 Å². The third-order valence-corrected chi connectivity index (χ3v) is 11.1. The van der Waals surface area contributed by atoms with Crippen molar-refractivity contribution in [3.63, 3.8) is 0 Å². The van der Waals surface area contributed by atoms with E-state index in [9.17, 15) is 18.0 Å². The second-order valence-corrected chi connectivity index (χ2v) is 14.9. The maximum absolute atomic E-state index is 13.7. The number of benzene rings is 2. The molecule has 0 bridgehead atoms. The molecule has 2 fully saturated rings. The van der Waals surface area contributed by atoms with E-state index >= 15 is 0 Å². The van der Waals surface area contributed by atoms with Crippen molar-refractivity contribution in [1.29, 1.82) is 0 Å². The molecule has 0 atom stereocenters. The fraction of sp³-hybridized carbons (Fsp3) is 0.469. The van der Waals surface area contributed by atoms with Gasteiger partial charge in [0.05, 0.1) is 33.1 Å². The molecule has 1 aromatic heterocycles. The van der Waals surface area contributed by atoms with Crippen molar-refractivity contribution >= 4 is 27.5 Å². The van der Waals surface area contributed by atoms with E-state index in [4.69, 9.17) is 16.6 Å². The first-order valence-electron chi connectivity index (χ1n) is 15.3. The molecule has 6 rings (SSSR count). The van der Waals surface area contributed by atoms with Crippen LogP contribution in [-0.2, 0) is 23.0 Å². The summed E-state index contributed by atoms with van der Waals surface area (Å²) in [6.07, 6.45) is 4.11. The average Bonchev–Trinajstić information content (AvgIpc) is 3.76. The Kier molecular flexibility index (Phi) is 7.79. The lowest BCUT2D eigenvalue weighted by molar-refractivity contribution is 0.0487. The quantitative estimate of drug-likeness (QED) is 0.332. The number of piperidine rings is 1. The van der Waals surface area contributed by atoms with Gasteiger partial charge in [-0.05, 0) is 88.3 Å². The lowest BCUT2D eigenvalue weighted by Gasteiger charge is -2.42. The Morgan fingerprint density at radius 2 is 1.75 bits per heavy atom. The van der Waals surface area contributed by atoms with Gasteiger partial charge in [0.25, 0.3) is 11.8 Å². The number of nitrogens with two attached hydrogens (primary N) is 2.